The summed E-state index contributed by atoms with van der Waals surface area (Å²) in [5.74, 6) is 0.723. The fourth-order valence-corrected chi connectivity index (χ4v) is 2.72. The van der Waals surface area contributed by atoms with Gasteiger partial charge in [-0.2, -0.15) is 0 Å². The number of thiophene rings is 1. The van der Waals surface area contributed by atoms with Crippen LogP contribution in [0, 0.1) is 0 Å². The maximum absolute atomic E-state index is 11.9. The van der Waals surface area contributed by atoms with E-state index < -0.39 is 0 Å². The zero-order chi connectivity index (χ0) is 15.2. The van der Waals surface area contributed by atoms with Crippen molar-refractivity contribution in [3.05, 3.63) is 51.2 Å². The molecular formula is C16H15ClO3S. The molecule has 0 N–H and O–H groups in total. The van der Waals surface area contributed by atoms with Gasteiger partial charge in [-0.25, -0.2) is 0 Å². The molecule has 0 aliphatic rings. The van der Waals surface area contributed by atoms with Crippen molar-refractivity contribution in [3.63, 3.8) is 0 Å². The van der Waals surface area contributed by atoms with E-state index in [1.54, 1.807) is 19.1 Å². The zero-order valence-corrected chi connectivity index (χ0v) is 13.2. The van der Waals surface area contributed by atoms with Crippen molar-refractivity contribution in [2.45, 2.75) is 19.8 Å². The minimum atomic E-state index is -0.0902. The smallest absolute Gasteiger partial charge is 0.210 e. The van der Waals surface area contributed by atoms with Crippen LogP contribution in [0.3, 0.4) is 0 Å². The molecule has 0 unspecified atom stereocenters. The minimum Gasteiger partial charge on any atom is -0.485 e. The summed E-state index contributed by atoms with van der Waals surface area (Å²) in [6.07, 6.45) is 1.26. The molecule has 110 valence electrons. The molecule has 0 saturated heterocycles. The van der Waals surface area contributed by atoms with Gasteiger partial charge in [0.15, 0.2) is 6.61 Å². The Hall–Kier alpha value is -1.65. The van der Waals surface area contributed by atoms with Crippen molar-refractivity contribution in [2.24, 2.45) is 0 Å². The summed E-state index contributed by atoms with van der Waals surface area (Å²) < 4.78 is 6.05. The van der Waals surface area contributed by atoms with Crippen LogP contribution >= 0.6 is 22.9 Å². The Bertz CT molecular complexity index is 631. The highest BCUT2D eigenvalue weighted by atomic mass is 35.5. The van der Waals surface area contributed by atoms with Gasteiger partial charge in [0.05, 0.1) is 9.21 Å². The summed E-state index contributed by atoms with van der Waals surface area (Å²) >= 11 is 7.04. The third-order valence-electron chi connectivity index (χ3n) is 2.91. The fourth-order valence-electron chi connectivity index (χ4n) is 1.76. The number of Topliss-reactive ketones (excluding diaryl/α,β-unsaturated/α-hetero) is 2. The Morgan fingerprint density at radius 1 is 1.14 bits per heavy atom. The Kier molecular flexibility index (Phi) is 5.53. The molecule has 1 heterocycles. The lowest BCUT2D eigenvalue weighted by molar-refractivity contribution is -0.116. The van der Waals surface area contributed by atoms with Gasteiger partial charge in [-0.3, -0.25) is 4.79 Å². The largest absolute Gasteiger partial charge is 0.485 e. The number of halogens is 1. The van der Waals surface area contributed by atoms with E-state index in [0.29, 0.717) is 21.4 Å². The average molecular weight is 323 g/mol. The van der Waals surface area contributed by atoms with E-state index in [0.717, 1.165) is 12.0 Å². The normalized spacial score (nSPS) is 10.4. The highest BCUT2D eigenvalue weighted by Crippen LogP contribution is 2.22. The fraction of sp³-hybridized carbons (Fsp3) is 0.250. The van der Waals surface area contributed by atoms with Crippen LogP contribution < -0.4 is 4.74 Å². The van der Waals surface area contributed by atoms with E-state index in [9.17, 15) is 9.59 Å². The number of carbonyl (C=O) groups excluding carboxylic acids is 2. The first-order valence-corrected chi connectivity index (χ1v) is 7.74. The van der Waals surface area contributed by atoms with Crippen LogP contribution in [0.2, 0.25) is 4.34 Å². The lowest BCUT2D eigenvalue weighted by Crippen LogP contribution is -2.10. The molecule has 1 aromatic carbocycles. The second-order valence-corrected chi connectivity index (χ2v) is 6.38. The second kappa shape index (κ2) is 7.38. The number of rotatable bonds is 7. The molecule has 0 spiro atoms. The number of hydrogen-bond acceptors (Lipinski definition) is 4. The van der Waals surface area contributed by atoms with Crippen LogP contribution in [0.25, 0.3) is 0 Å². The Morgan fingerprint density at radius 3 is 2.43 bits per heavy atom. The molecule has 0 bridgehead atoms. The molecule has 2 aromatic rings. The molecule has 5 heteroatoms. The molecule has 0 amide bonds. The number of hydrogen-bond donors (Lipinski definition) is 0. The van der Waals surface area contributed by atoms with Crippen LogP contribution in [-0.4, -0.2) is 18.2 Å². The summed E-state index contributed by atoms with van der Waals surface area (Å²) in [7, 11) is 0. The van der Waals surface area contributed by atoms with E-state index in [4.69, 9.17) is 16.3 Å². The predicted octanol–water partition coefficient (Wildman–Crippen LogP) is 4.18. The lowest BCUT2D eigenvalue weighted by Gasteiger charge is -2.06. The van der Waals surface area contributed by atoms with E-state index in [1.165, 1.54) is 11.3 Å². The molecule has 0 saturated carbocycles. The van der Waals surface area contributed by atoms with Crippen molar-refractivity contribution in [1.82, 2.24) is 0 Å². The maximum atomic E-state index is 11.9. The van der Waals surface area contributed by atoms with Gasteiger partial charge in [0.2, 0.25) is 5.78 Å². The standard InChI is InChI=1S/C16H15ClO3S/c1-11(18)2-3-12-4-6-13(7-5-12)20-10-14(19)15-8-9-16(17)21-15/h4-9H,2-3,10H2,1H3. The summed E-state index contributed by atoms with van der Waals surface area (Å²) in [5.41, 5.74) is 1.08. The summed E-state index contributed by atoms with van der Waals surface area (Å²) in [6.45, 7) is 1.57. The number of carbonyl (C=O) groups is 2. The molecule has 0 aliphatic heterocycles. The third-order valence-corrected chi connectivity index (χ3v) is 4.18. The topological polar surface area (TPSA) is 43.4 Å². The van der Waals surface area contributed by atoms with Gasteiger partial charge < -0.3 is 9.53 Å². The van der Waals surface area contributed by atoms with Gasteiger partial charge in [0, 0.05) is 6.42 Å². The van der Waals surface area contributed by atoms with Crippen LogP contribution in [0.15, 0.2) is 36.4 Å². The van der Waals surface area contributed by atoms with Crippen LogP contribution in [0.4, 0.5) is 0 Å². The summed E-state index contributed by atoms with van der Waals surface area (Å²) in [4.78, 5) is 23.4. The third kappa shape index (κ3) is 4.99. The first kappa shape index (κ1) is 15.7. The first-order valence-electron chi connectivity index (χ1n) is 6.54. The Labute approximate surface area is 132 Å². The van der Waals surface area contributed by atoms with Crippen LogP contribution in [-0.2, 0) is 11.2 Å². The first-order chi connectivity index (χ1) is 10.0. The molecular weight excluding hydrogens is 308 g/mol. The van der Waals surface area contributed by atoms with Gasteiger partial charge in [0.1, 0.15) is 11.5 Å². The van der Waals surface area contributed by atoms with Crippen molar-refractivity contribution in [1.29, 1.82) is 0 Å². The van der Waals surface area contributed by atoms with Gasteiger partial charge in [-0.05, 0) is 43.2 Å². The molecule has 0 radical (unpaired) electrons. The molecule has 0 aliphatic carbocycles. The molecule has 3 nitrogen and oxygen atoms in total. The predicted molar refractivity (Wildman–Crippen MR) is 84.6 cm³/mol. The van der Waals surface area contributed by atoms with Crippen molar-refractivity contribution in [2.75, 3.05) is 6.61 Å². The Morgan fingerprint density at radius 2 is 1.86 bits per heavy atom. The van der Waals surface area contributed by atoms with E-state index in [1.807, 2.05) is 24.3 Å². The molecule has 0 atom stereocenters. The lowest BCUT2D eigenvalue weighted by atomic mass is 10.1. The van der Waals surface area contributed by atoms with E-state index in [2.05, 4.69) is 0 Å². The molecule has 2 rings (SSSR count). The van der Waals surface area contributed by atoms with Gasteiger partial charge >= 0.3 is 0 Å². The number of ether oxygens (including phenoxy) is 1. The summed E-state index contributed by atoms with van der Waals surface area (Å²) in [6, 6.07) is 10.8. The second-order valence-electron chi connectivity index (χ2n) is 4.66. The number of aryl methyl sites for hydroxylation is 1. The van der Waals surface area contributed by atoms with Gasteiger partial charge in [0.25, 0.3) is 0 Å². The highest BCUT2D eigenvalue weighted by Gasteiger charge is 2.09. The number of benzene rings is 1. The summed E-state index contributed by atoms with van der Waals surface area (Å²) in [5, 5.41) is 0. The van der Waals surface area contributed by atoms with Crippen LogP contribution in [0.1, 0.15) is 28.6 Å². The SMILES string of the molecule is CC(=O)CCc1ccc(OCC(=O)c2ccc(Cl)s2)cc1. The van der Waals surface area contributed by atoms with E-state index in [-0.39, 0.29) is 18.2 Å². The van der Waals surface area contributed by atoms with Crippen LogP contribution in [0.5, 0.6) is 5.75 Å². The minimum absolute atomic E-state index is 0.0103. The average Bonchev–Trinajstić information content (AvgIpc) is 2.90. The highest BCUT2D eigenvalue weighted by molar-refractivity contribution is 7.18. The van der Waals surface area contributed by atoms with Crippen molar-refractivity contribution < 1.29 is 14.3 Å². The van der Waals surface area contributed by atoms with Gasteiger partial charge in [-0.15, -0.1) is 11.3 Å². The Balaban J connectivity index is 1.86. The maximum Gasteiger partial charge on any atom is 0.210 e. The quantitative estimate of drug-likeness (QED) is 0.718. The van der Waals surface area contributed by atoms with Crippen molar-refractivity contribution in [3.8, 4) is 5.75 Å². The van der Waals surface area contributed by atoms with E-state index >= 15 is 0 Å². The zero-order valence-electron chi connectivity index (χ0n) is 11.6. The molecule has 1 aromatic heterocycles. The van der Waals surface area contributed by atoms with Crippen molar-refractivity contribution >= 4 is 34.5 Å². The molecule has 21 heavy (non-hydrogen) atoms. The molecule has 0 fully saturated rings. The number of ketones is 2. The monoisotopic (exact) mass is 322 g/mol. The van der Waals surface area contributed by atoms with Gasteiger partial charge in [-0.1, -0.05) is 23.7 Å².